The van der Waals surface area contributed by atoms with Gasteiger partial charge in [-0.25, -0.2) is 0 Å². The zero-order chi connectivity index (χ0) is 39.1. The van der Waals surface area contributed by atoms with Gasteiger partial charge in [0.05, 0.1) is 19.4 Å². The van der Waals surface area contributed by atoms with Crippen LogP contribution in [0.2, 0.25) is 0 Å². The SMILES string of the molecule is CC(=O)OC/C=C(\C)CO[C@@H]1O[C@H](COC(C)=O)[C@@H](OC(C)=O)[C@H](OC(=O)Cc2ccc(OC(C)=O)cc2)[C@H]1OC(=O)Cc1ccc(OC(C)=O)cc1. The van der Waals surface area contributed by atoms with E-state index < -0.39 is 79.1 Å². The summed E-state index contributed by atoms with van der Waals surface area (Å²) in [5.74, 6) is -4.17. The normalized spacial score (nSPS) is 19.6. The summed E-state index contributed by atoms with van der Waals surface area (Å²) in [7, 11) is 0. The number of ether oxygens (including phenoxy) is 9. The van der Waals surface area contributed by atoms with Crippen LogP contribution in [0.3, 0.4) is 0 Å². The Morgan fingerprint density at radius 1 is 0.585 bits per heavy atom. The molecule has 0 bridgehead atoms. The zero-order valence-corrected chi connectivity index (χ0v) is 30.2. The summed E-state index contributed by atoms with van der Waals surface area (Å²) < 4.78 is 49.6. The van der Waals surface area contributed by atoms with Crippen LogP contribution >= 0.6 is 0 Å². The highest BCUT2D eigenvalue weighted by molar-refractivity contribution is 5.75. The molecule has 53 heavy (non-hydrogen) atoms. The van der Waals surface area contributed by atoms with Crippen molar-refractivity contribution < 1.29 is 76.2 Å². The van der Waals surface area contributed by atoms with Crippen molar-refractivity contribution in [3.63, 3.8) is 0 Å². The maximum atomic E-state index is 13.5. The van der Waals surface area contributed by atoms with Crippen molar-refractivity contribution in [2.75, 3.05) is 19.8 Å². The molecule has 2 aromatic carbocycles. The first-order valence-corrected chi connectivity index (χ1v) is 16.4. The van der Waals surface area contributed by atoms with Crippen LogP contribution in [0.25, 0.3) is 0 Å². The fourth-order valence-electron chi connectivity index (χ4n) is 4.92. The molecule has 1 heterocycles. The third-order valence-corrected chi connectivity index (χ3v) is 7.14. The molecule has 0 saturated carbocycles. The van der Waals surface area contributed by atoms with E-state index >= 15 is 0 Å². The Kier molecular flexibility index (Phi) is 16.1. The van der Waals surface area contributed by atoms with Crippen molar-refractivity contribution in [3.8, 4) is 11.5 Å². The molecule has 16 heteroatoms. The standard InChI is InChI=1S/C37H42O16/c1-21(15-16-45-22(2)38)19-47-37-36(53-33(44)18-28-9-13-30(14-10-28)49-25(5)41)35(34(50-26(6)42)31(51-37)20-46-23(3)39)52-32(43)17-27-7-11-29(12-8-27)48-24(4)40/h7-15,31,34-37H,16-20H2,1-6H3/b21-15+/t31-,34-,35+,36-,37-/m1/s1. The summed E-state index contributed by atoms with van der Waals surface area (Å²) >= 11 is 0. The second-order valence-electron chi connectivity index (χ2n) is 11.8. The molecule has 0 aromatic heterocycles. The third kappa shape index (κ3) is 14.9. The first kappa shape index (κ1) is 41.8. The molecule has 1 aliphatic rings. The maximum absolute atomic E-state index is 13.5. The van der Waals surface area contributed by atoms with Gasteiger partial charge >= 0.3 is 41.8 Å². The molecule has 5 atom stereocenters. The van der Waals surface area contributed by atoms with Crippen molar-refractivity contribution >= 4 is 41.8 Å². The number of hydrogen-bond donors (Lipinski definition) is 0. The van der Waals surface area contributed by atoms with Gasteiger partial charge in [-0.15, -0.1) is 0 Å². The van der Waals surface area contributed by atoms with E-state index in [9.17, 15) is 33.6 Å². The van der Waals surface area contributed by atoms with Crippen molar-refractivity contribution in [2.45, 2.75) is 85.1 Å². The van der Waals surface area contributed by atoms with Gasteiger partial charge in [0.2, 0.25) is 0 Å². The molecule has 0 unspecified atom stereocenters. The molecule has 286 valence electrons. The quantitative estimate of drug-likeness (QED) is 0.105. The Balaban J connectivity index is 1.97. The molecular formula is C37H42O16. The zero-order valence-electron chi connectivity index (χ0n) is 30.2. The summed E-state index contributed by atoms with van der Waals surface area (Å²) in [5.41, 5.74) is 1.52. The average molecular weight is 743 g/mol. The fourth-order valence-corrected chi connectivity index (χ4v) is 4.92. The van der Waals surface area contributed by atoms with E-state index in [0.29, 0.717) is 16.7 Å². The average Bonchev–Trinajstić information content (AvgIpc) is 3.06. The second kappa shape index (κ2) is 20.4. The summed E-state index contributed by atoms with van der Waals surface area (Å²) in [4.78, 5) is 84.9. The Labute approximate surface area is 305 Å². The van der Waals surface area contributed by atoms with Gasteiger partial charge in [0, 0.05) is 34.6 Å². The number of carbonyl (C=O) groups is 7. The molecule has 1 fully saturated rings. The fraction of sp³-hybridized carbons (Fsp3) is 0.432. The molecular weight excluding hydrogens is 700 g/mol. The number of hydrogen-bond acceptors (Lipinski definition) is 16. The lowest BCUT2D eigenvalue weighted by Crippen LogP contribution is -2.63. The molecule has 3 rings (SSSR count). The van der Waals surface area contributed by atoms with Gasteiger partial charge in [-0.05, 0) is 54.0 Å². The van der Waals surface area contributed by atoms with Gasteiger partial charge in [-0.3, -0.25) is 33.6 Å². The minimum atomic E-state index is -1.55. The number of carbonyl (C=O) groups excluding carboxylic acids is 7. The van der Waals surface area contributed by atoms with Crippen LogP contribution in [-0.4, -0.2) is 92.3 Å². The van der Waals surface area contributed by atoms with E-state index in [1.807, 2.05) is 0 Å². The van der Waals surface area contributed by atoms with Crippen LogP contribution in [0, 0.1) is 0 Å². The van der Waals surface area contributed by atoms with Crippen LogP contribution < -0.4 is 9.47 Å². The molecule has 0 amide bonds. The maximum Gasteiger partial charge on any atom is 0.310 e. The Hall–Kier alpha value is -5.61. The van der Waals surface area contributed by atoms with E-state index in [0.717, 1.165) is 13.8 Å². The van der Waals surface area contributed by atoms with E-state index in [1.165, 1.54) is 57.2 Å². The van der Waals surface area contributed by atoms with Crippen LogP contribution in [0.5, 0.6) is 11.5 Å². The third-order valence-electron chi connectivity index (χ3n) is 7.14. The molecule has 1 aliphatic heterocycles. The van der Waals surface area contributed by atoms with Gasteiger partial charge < -0.3 is 42.6 Å². The van der Waals surface area contributed by atoms with Crippen molar-refractivity contribution in [3.05, 3.63) is 71.3 Å². The molecule has 1 saturated heterocycles. The molecule has 16 nitrogen and oxygen atoms in total. The van der Waals surface area contributed by atoms with Gasteiger partial charge in [0.25, 0.3) is 0 Å². The Morgan fingerprint density at radius 3 is 1.53 bits per heavy atom. The van der Waals surface area contributed by atoms with E-state index in [1.54, 1.807) is 25.1 Å². The Bertz CT molecular complexity index is 1650. The summed E-state index contributed by atoms with van der Waals surface area (Å²) in [6.45, 7) is 7.03. The Morgan fingerprint density at radius 2 is 1.08 bits per heavy atom. The lowest BCUT2D eigenvalue weighted by Gasteiger charge is -2.44. The lowest BCUT2D eigenvalue weighted by molar-refractivity contribution is -0.306. The van der Waals surface area contributed by atoms with Gasteiger partial charge in [-0.1, -0.05) is 24.3 Å². The summed E-state index contributed by atoms with van der Waals surface area (Å²) in [5, 5.41) is 0. The molecule has 0 N–H and O–H groups in total. The molecule has 0 aliphatic carbocycles. The predicted molar refractivity (Wildman–Crippen MR) is 180 cm³/mol. The highest BCUT2D eigenvalue weighted by atomic mass is 16.7. The number of rotatable bonds is 16. The van der Waals surface area contributed by atoms with Gasteiger partial charge in [0.1, 0.15) is 30.8 Å². The second-order valence-corrected chi connectivity index (χ2v) is 11.8. The molecule has 2 aromatic rings. The highest BCUT2D eigenvalue weighted by Crippen LogP contribution is 2.31. The predicted octanol–water partition coefficient (Wildman–Crippen LogP) is 2.89. The van der Waals surface area contributed by atoms with Crippen LogP contribution in [0.4, 0.5) is 0 Å². The van der Waals surface area contributed by atoms with Crippen LogP contribution in [0.1, 0.15) is 52.7 Å². The monoisotopic (exact) mass is 742 g/mol. The van der Waals surface area contributed by atoms with Crippen molar-refractivity contribution in [1.82, 2.24) is 0 Å². The highest BCUT2D eigenvalue weighted by Gasteiger charge is 2.53. The molecule has 0 spiro atoms. The van der Waals surface area contributed by atoms with Crippen molar-refractivity contribution in [2.24, 2.45) is 0 Å². The first-order valence-electron chi connectivity index (χ1n) is 16.4. The van der Waals surface area contributed by atoms with E-state index in [2.05, 4.69) is 0 Å². The van der Waals surface area contributed by atoms with E-state index in [4.69, 9.17) is 42.6 Å². The minimum Gasteiger partial charge on any atom is -0.463 e. The van der Waals surface area contributed by atoms with Crippen molar-refractivity contribution in [1.29, 1.82) is 0 Å². The van der Waals surface area contributed by atoms with Gasteiger partial charge in [0.15, 0.2) is 24.6 Å². The van der Waals surface area contributed by atoms with Crippen LogP contribution in [-0.2, 0) is 79.6 Å². The lowest BCUT2D eigenvalue weighted by atomic mass is 9.97. The number of esters is 7. The largest absolute Gasteiger partial charge is 0.463 e. The molecule has 0 radical (unpaired) electrons. The van der Waals surface area contributed by atoms with Crippen LogP contribution in [0.15, 0.2) is 60.2 Å². The smallest absolute Gasteiger partial charge is 0.310 e. The number of benzene rings is 2. The summed E-state index contributed by atoms with van der Waals surface area (Å²) in [6, 6.07) is 12.1. The van der Waals surface area contributed by atoms with Gasteiger partial charge in [-0.2, -0.15) is 0 Å². The summed E-state index contributed by atoms with van der Waals surface area (Å²) in [6.07, 6.45) is -6.31. The topological polar surface area (TPSA) is 203 Å². The minimum absolute atomic E-state index is 0.0452. The first-order chi connectivity index (χ1) is 25.1. The van der Waals surface area contributed by atoms with E-state index in [-0.39, 0.29) is 37.6 Å².